The van der Waals surface area contributed by atoms with Gasteiger partial charge in [0.15, 0.2) is 0 Å². The van der Waals surface area contributed by atoms with E-state index in [2.05, 4.69) is 20.0 Å². The predicted molar refractivity (Wildman–Crippen MR) is 124 cm³/mol. The average Bonchev–Trinajstić information content (AvgIpc) is 2.76. The zero-order valence-electron chi connectivity index (χ0n) is 16.9. The lowest BCUT2D eigenvalue weighted by atomic mass is 10.1. The van der Waals surface area contributed by atoms with Gasteiger partial charge in [-0.3, -0.25) is 4.55 Å². The third-order valence-electron chi connectivity index (χ3n) is 4.78. The van der Waals surface area contributed by atoms with Gasteiger partial charge in [-0.2, -0.15) is 8.42 Å². The Morgan fingerprint density at radius 3 is 1.94 bits per heavy atom. The third-order valence-corrected chi connectivity index (χ3v) is 6.17. The average molecular weight is 504 g/mol. The fourth-order valence-electron chi connectivity index (χ4n) is 3.35. The molecule has 0 aliphatic heterocycles. The van der Waals surface area contributed by atoms with Crippen LogP contribution >= 0.6 is 12.0 Å². The Labute approximate surface area is 196 Å². The van der Waals surface area contributed by atoms with Crippen LogP contribution in [-0.4, -0.2) is 34.5 Å². The molecule has 0 aliphatic carbocycles. The van der Waals surface area contributed by atoms with Gasteiger partial charge in [-0.1, -0.05) is 5.04 Å². The number of carbonyl (C=O) groups excluding carboxylic acids is 1. The van der Waals surface area contributed by atoms with Gasteiger partial charge in [0, 0.05) is 33.1 Å². The first-order chi connectivity index (χ1) is 16.1. The molecule has 4 rings (SSSR count). The normalized spacial score (nSPS) is 11.6. The smallest absolute Gasteiger partial charge is 0.323 e. The highest BCUT2D eigenvalue weighted by Gasteiger charge is 2.14. The standard InChI is InChI=1S/C21H16N2O9S2/c24-19-9-15(33-32-31-27)7-11-5-13(1-3-17(11)19)22-21(26)23-14-2-4-18-12(6-14)8-16(10-20(18)25)34(28,29)30/h1-10,24-25,27H,(H2,22,23,26)(H,28,29,30). The SMILES string of the molecule is O=C(Nc1ccc2c(O)cc(SOOO)cc2c1)Nc1ccc2c(O)cc(S(=O)(=O)O)cc2c1. The largest absolute Gasteiger partial charge is 0.507 e. The van der Waals surface area contributed by atoms with Crippen LogP contribution in [0.25, 0.3) is 21.5 Å². The van der Waals surface area contributed by atoms with Gasteiger partial charge in [-0.15, -0.1) is 4.33 Å². The number of phenols is 2. The maximum atomic E-state index is 12.5. The molecule has 0 aromatic heterocycles. The van der Waals surface area contributed by atoms with Crippen LogP contribution in [0.4, 0.5) is 16.2 Å². The Bertz CT molecular complexity index is 1520. The first-order valence-corrected chi connectivity index (χ1v) is 11.6. The molecule has 0 saturated carbocycles. The van der Waals surface area contributed by atoms with Gasteiger partial charge < -0.3 is 20.8 Å². The molecule has 11 nitrogen and oxygen atoms in total. The molecule has 0 unspecified atom stereocenters. The number of carbonyl (C=O) groups is 1. The number of rotatable bonds is 6. The molecule has 4 aromatic carbocycles. The molecular weight excluding hydrogens is 488 g/mol. The van der Waals surface area contributed by atoms with E-state index in [1.54, 1.807) is 24.3 Å². The summed E-state index contributed by atoms with van der Waals surface area (Å²) in [5, 5.41) is 39.0. The minimum absolute atomic E-state index is 0.0405. The molecule has 0 aliphatic rings. The van der Waals surface area contributed by atoms with Crippen molar-refractivity contribution in [3.63, 3.8) is 0 Å². The minimum atomic E-state index is -4.53. The van der Waals surface area contributed by atoms with Crippen LogP contribution in [0.3, 0.4) is 0 Å². The highest BCUT2D eigenvalue weighted by Crippen LogP contribution is 2.34. The van der Waals surface area contributed by atoms with Crippen LogP contribution in [0.15, 0.2) is 70.5 Å². The lowest BCUT2D eigenvalue weighted by molar-refractivity contribution is -0.432. The van der Waals surface area contributed by atoms with E-state index in [0.29, 0.717) is 44.5 Å². The van der Waals surface area contributed by atoms with Crippen molar-refractivity contribution in [1.29, 1.82) is 0 Å². The number of hydrogen-bond donors (Lipinski definition) is 6. The number of urea groups is 1. The van der Waals surface area contributed by atoms with Crippen molar-refractivity contribution < 1.29 is 42.6 Å². The van der Waals surface area contributed by atoms with Gasteiger partial charge in [0.25, 0.3) is 10.1 Å². The van der Waals surface area contributed by atoms with Gasteiger partial charge in [0.05, 0.1) is 16.9 Å². The second-order valence-corrected chi connectivity index (χ2v) is 9.23. The summed E-state index contributed by atoms with van der Waals surface area (Å²) in [5.74, 6) is -0.379. The molecule has 0 heterocycles. The van der Waals surface area contributed by atoms with E-state index in [4.69, 9.17) is 5.26 Å². The maximum absolute atomic E-state index is 12.5. The number of phenolic OH excluding ortho intramolecular Hbond substituents is 2. The van der Waals surface area contributed by atoms with Crippen LogP contribution in [0.5, 0.6) is 11.5 Å². The molecule has 34 heavy (non-hydrogen) atoms. The van der Waals surface area contributed by atoms with Crippen LogP contribution in [0.2, 0.25) is 0 Å². The second-order valence-electron chi connectivity index (χ2n) is 7.04. The summed E-state index contributed by atoms with van der Waals surface area (Å²) in [6.07, 6.45) is 0. The number of amides is 2. The van der Waals surface area contributed by atoms with Crippen molar-refractivity contribution in [3.05, 3.63) is 60.7 Å². The van der Waals surface area contributed by atoms with E-state index in [-0.39, 0.29) is 16.9 Å². The molecule has 0 radical (unpaired) electrons. The molecule has 0 fully saturated rings. The fraction of sp³-hybridized carbons (Fsp3) is 0. The summed E-state index contributed by atoms with van der Waals surface area (Å²) in [4.78, 5) is 12.5. The second kappa shape index (κ2) is 9.34. The topological polar surface area (TPSA) is 175 Å². The van der Waals surface area contributed by atoms with Gasteiger partial charge in [-0.05, 0) is 65.4 Å². The van der Waals surface area contributed by atoms with Crippen molar-refractivity contribution >= 4 is 61.1 Å². The molecule has 2 amide bonds. The van der Waals surface area contributed by atoms with Gasteiger partial charge in [0.2, 0.25) is 0 Å². The van der Waals surface area contributed by atoms with Crippen LogP contribution < -0.4 is 10.6 Å². The van der Waals surface area contributed by atoms with Crippen molar-refractivity contribution in [2.45, 2.75) is 9.79 Å². The zero-order chi connectivity index (χ0) is 24.5. The van der Waals surface area contributed by atoms with Gasteiger partial charge in [-0.25, -0.2) is 10.1 Å². The summed E-state index contributed by atoms with van der Waals surface area (Å²) in [6.45, 7) is 0. The Balaban J connectivity index is 1.56. The first kappa shape index (κ1) is 23.6. The number of hydrogen-bond acceptors (Lipinski definition) is 9. The van der Waals surface area contributed by atoms with E-state index in [9.17, 15) is 28.0 Å². The maximum Gasteiger partial charge on any atom is 0.323 e. The highest BCUT2D eigenvalue weighted by molar-refractivity contribution is 7.94. The lowest BCUT2D eigenvalue weighted by Gasteiger charge is -2.11. The van der Waals surface area contributed by atoms with Crippen molar-refractivity contribution in [3.8, 4) is 11.5 Å². The quantitative estimate of drug-likeness (QED) is 0.0932. The lowest BCUT2D eigenvalue weighted by Crippen LogP contribution is -2.19. The number of nitrogens with one attached hydrogen (secondary N) is 2. The number of fused-ring (bicyclic) bond motifs is 2. The Hall–Kier alpha value is -3.59. The van der Waals surface area contributed by atoms with Crippen molar-refractivity contribution in [2.75, 3.05) is 10.6 Å². The van der Waals surface area contributed by atoms with E-state index in [0.717, 1.165) is 6.07 Å². The number of benzene rings is 4. The minimum Gasteiger partial charge on any atom is -0.507 e. The van der Waals surface area contributed by atoms with Crippen LogP contribution in [0.1, 0.15) is 0 Å². The van der Waals surface area contributed by atoms with Crippen LogP contribution in [0, 0.1) is 0 Å². The highest BCUT2D eigenvalue weighted by atomic mass is 32.2. The fourth-order valence-corrected chi connectivity index (χ4v) is 4.33. The molecule has 0 atom stereocenters. The van der Waals surface area contributed by atoms with E-state index >= 15 is 0 Å². The molecule has 13 heteroatoms. The Morgan fingerprint density at radius 2 is 1.38 bits per heavy atom. The summed E-state index contributed by atoms with van der Waals surface area (Å²) in [7, 11) is -4.53. The number of anilines is 2. The summed E-state index contributed by atoms with van der Waals surface area (Å²) in [6, 6.07) is 13.8. The Kier molecular flexibility index (Phi) is 6.47. The summed E-state index contributed by atoms with van der Waals surface area (Å²) < 4.78 is 36.4. The molecule has 176 valence electrons. The number of aromatic hydroxyl groups is 2. The molecule has 0 spiro atoms. The van der Waals surface area contributed by atoms with Crippen LogP contribution in [-0.2, 0) is 19.5 Å². The summed E-state index contributed by atoms with van der Waals surface area (Å²) >= 11 is 0.672. The molecule has 0 bridgehead atoms. The monoisotopic (exact) mass is 504 g/mol. The zero-order valence-corrected chi connectivity index (χ0v) is 18.6. The van der Waals surface area contributed by atoms with E-state index in [1.165, 1.54) is 30.3 Å². The Morgan fingerprint density at radius 1 is 0.824 bits per heavy atom. The molecule has 0 saturated heterocycles. The van der Waals surface area contributed by atoms with Crippen molar-refractivity contribution in [1.82, 2.24) is 0 Å². The van der Waals surface area contributed by atoms with Crippen molar-refractivity contribution in [2.24, 2.45) is 0 Å². The van der Waals surface area contributed by atoms with Gasteiger partial charge in [0.1, 0.15) is 11.5 Å². The van der Waals surface area contributed by atoms with E-state index in [1.807, 2.05) is 0 Å². The third kappa shape index (κ3) is 5.14. The molecular formula is C21H16N2O9S2. The first-order valence-electron chi connectivity index (χ1n) is 9.38. The van der Waals surface area contributed by atoms with E-state index < -0.39 is 21.0 Å². The summed E-state index contributed by atoms with van der Waals surface area (Å²) in [5.41, 5.74) is 0.702. The molecule has 6 N–H and O–H groups in total. The van der Waals surface area contributed by atoms with Gasteiger partial charge >= 0.3 is 6.03 Å². The predicted octanol–water partition coefficient (Wildman–Crippen LogP) is 4.72. The molecule has 4 aromatic rings.